The Bertz CT molecular complexity index is 447. The van der Waals surface area contributed by atoms with Crippen LogP contribution in [0.15, 0.2) is 12.1 Å². The lowest BCUT2D eigenvalue weighted by Crippen LogP contribution is -2.51. The maximum Gasteiger partial charge on any atom is 0.269 e. The highest BCUT2D eigenvalue weighted by Gasteiger charge is 2.28. The molecule has 1 fully saturated rings. The number of aromatic nitrogens is 2. The van der Waals surface area contributed by atoms with Gasteiger partial charge in [0.05, 0.1) is 0 Å². The summed E-state index contributed by atoms with van der Waals surface area (Å²) in [5.74, 6) is 0.282. The Morgan fingerprint density at radius 1 is 1.50 bits per heavy atom. The number of likely N-dealkylation sites (N-methyl/N-ethyl adjacent to an activating group) is 1. The van der Waals surface area contributed by atoms with Crippen LogP contribution < -0.4 is 16.0 Å². The second-order valence-electron chi connectivity index (χ2n) is 5.24. The van der Waals surface area contributed by atoms with E-state index >= 15 is 0 Å². The molecule has 1 aromatic heterocycles. The highest BCUT2D eigenvalue weighted by Crippen LogP contribution is 2.24. The Kier molecular flexibility index (Phi) is 4.89. The number of carbonyl (C=O) groups is 1. The number of anilines is 1. The lowest BCUT2D eigenvalue weighted by molar-refractivity contribution is 0.0994. The van der Waals surface area contributed by atoms with Gasteiger partial charge in [0.25, 0.3) is 5.91 Å². The Hall–Kier alpha value is -1.69. The Morgan fingerprint density at radius 3 is 2.90 bits per heavy atom. The molecule has 1 saturated heterocycles. The minimum absolute atomic E-state index is 0.210. The third-order valence-electron chi connectivity index (χ3n) is 3.85. The second-order valence-corrected chi connectivity index (χ2v) is 5.24. The van der Waals surface area contributed by atoms with Crippen LogP contribution in [0.1, 0.15) is 43.6 Å². The molecule has 0 radical (unpaired) electrons. The predicted molar refractivity (Wildman–Crippen MR) is 78.7 cm³/mol. The summed E-state index contributed by atoms with van der Waals surface area (Å²) in [6, 6.07) is 4.30. The van der Waals surface area contributed by atoms with Gasteiger partial charge < -0.3 is 16.0 Å². The Labute approximate surface area is 119 Å². The van der Waals surface area contributed by atoms with Gasteiger partial charge in [0.1, 0.15) is 0 Å². The molecule has 2 rings (SSSR count). The molecule has 6 nitrogen and oxygen atoms in total. The van der Waals surface area contributed by atoms with Gasteiger partial charge in [-0.25, -0.2) is 0 Å². The summed E-state index contributed by atoms with van der Waals surface area (Å²) in [6.07, 6.45) is 3.55. The third-order valence-corrected chi connectivity index (χ3v) is 3.85. The zero-order chi connectivity index (χ0) is 14.5. The molecule has 2 heterocycles. The maximum absolute atomic E-state index is 11.0. The van der Waals surface area contributed by atoms with Crippen molar-refractivity contribution in [2.75, 3.05) is 18.0 Å². The first-order valence-corrected chi connectivity index (χ1v) is 7.27. The molecule has 6 heteroatoms. The molecule has 0 bridgehead atoms. The van der Waals surface area contributed by atoms with Crippen LogP contribution >= 0.6 is 0 Å². The number of primary amides is 1. The molecule has 1 aliphatic rings. The molecule has 1 aromatic rings. The fraction of sp³-hybridized carbons (Fsp3) is 0.643. The van der Waals surface area contributed by atoms with Crippen molar-refractivity contribution < 1.29 is 4.79 Å². The van der Waals surface area contributed by atoms with Gasteiger partial charge >= 0.3 is 0 Å². The molecular formula is C14H23N5O. The van der Waals surface area contributed by atoms with Gasteiger partial charge in [-0.15, -0.1) is 10.2 Å². The Morgan fingerprint density at radius 2 is 2.30 bits per heavy atom. The first-order chi connectivity index (χ1) is 9.63. The normalized spacial score (nSPS) is 20.7. The summed E-state index contributed by atoms with van der Waals surface area (Å²) >= 11 is 0. The van der Waals surface area contributed by atoms with Gasteiger partial charge in [-0.1, -0.05) is 6.92 Å². The minimum atomic E-state index is -0.541. The summed E-state index contributed by atoms with van der Waals surface area (Å²) < 4.78 is 0. The molecule has 0 aromatic carbocycles. The molecule has 0 spiro atoms. The molecule has 20 heavy (non-hydrogen) atoms. The van der Waals surface area contributed by atoms with Crippen LogP contribution in [0.25, 0.3) is 0 Å². The zero-order valence-corrected chi connectivity index (χ0v) is 12.2. The van der Waals surface area contributed by atoms with Crippen LogP contribution in [0.2, 0.25) is 0 Å². The average molecular weight is 277 g/mol. The molecule has 1 aliphatic heterocycles. The van der Waals surface area contributed by atoms with Gasteiger partial charge in [0.2, 0.25) is 0 Å². The fourth-order valence-electron chi connectivity index (χ4n) is 2.83. The molecule has 110 valence electrons. The topological polar surface area (TPSA) is 84.1 Å². The van der Waals surface area contributed by atoms with Crippen molar-refractivity contribution in [3.63, 3.8) is 0 Å². The van der Waals surface area contributed by atoms with E-state index in [-0.39, 0.29) is 5.69 Å². The number of rotatable bonds is 5. The van der Waals surface area contributed by atoms with E-state index in [4.69, 9.17) is 5.73 Å². The van der Waals surface area contributed by atoms with E-state index < -0.39 is 5.91 Å². The second kappa shape index (κ2) is 6.65. The molecule has 1 amide bonds. The highest BCUT2D eigenvalue weighted by molar-refractivity contribution is 5.90. The lowest BCUT2D eigenvalue weighted by atomic mass is 9.96. The highest BCUT2D eigenvalue weighted by atomic mass is 16.1. The SMILES string of the molecule is CCNC(C)C1CCCCN1c1ccc(C(N)=O)nn1. The molecule has 2 unspecified atom stereocenters. The monoisotopic (exact) mass is 277 g/mol. The van der Waals surface area contributed by atoms with Crippen molar-refractivity contribution in [3.05, 3.63) is 17.8 Å². The molecular weight excluding hydrogens is 254 g/mol. The first-order valence-electron chi connectivity index (χ1n) is 7.27. The molecule has 0 aliphatic carbocycles. The van der Waals surface area contributed by atoms with Crippen LogP contribution in [0, 0.1) is 0 Å². The van der Waals surface area contributed by atoms with E-state index in [0.29, 0.717) is 12.1 Å². The summed E-state index contributed by atoms with van der Waals surface area (Å²) in [7, 11) is 0. The van der Waals surface area contributed by atoms with E-state index in [1.165, 1.54) is 6.42 Å². The summed E-state index contributed by atoms with van der Waals surface area (Å²) in [5.41, 5.74) is 5.40. The predicted octanol–water partition coefficient (Wildman–Crippen LogP) is 0.932. The van der Waals surface area contributed by atoms with Crippen LogP contribution in [-0.2, 0) is 0 Å². The van der Waals surface area contributed by atoms with E-state index in [9.17, 15) is 4.79 Å². The summed E-state index contributed by atoms with van der Waals surface area (Å²) in [4.78, 5) is 13.3. The number of nitrogens with two attached hydrogens (primary N) is 1. The maximum atomic E-state index is 11.0. The number of piperidine rings is 1. The quantitative estimate of drug-likeness (QED) is 0.836. The van der Waals surface area contributed by atoms with Crippen LogP contribution in [0.3, 0.4) is 0 Å². The van der Waals surface area contributed by atoms with E-state index in [0.717, 1.165) is 31.7 Å². The van der Waals surface area contributed by atoms with Crippen molar-refractivity contribution in [1.82, 2.24) is 15.5 Å². The number of carbonyl (C=O) groups excluding carboxylic acids is 1. The van der Waals surface area contributed by atoms with Crippen molar-refractivity contribution in [2.24, 2.45) is 5.73 Å². The first kappa shape index (κ1) is 14.7. The molecule has 0 saturated carbocycles. The van der Waals surface area contributed by atoms with Crippen LogP contribution in [0.4, 0.5) is 5.82 Å². The number of nitrogens with zero attached hydrogens (tertiary/aromatic N) is 3. The van der Waals surface area contributed by atoms with Gasteiger partial charge in [0.15, 0.2) is 11.5 Å². The van der Waals surface area contributed by atoms with E-state index in [2.05, 4.69) is 34.3 Å². The standard InChI is InChI=1S/C14H23N5O/c1-3-16-10(2)12-6-4-5-9-19(12)13-8-7-11(14(15)20)17-18-13/h7-8,10,12,16H,3-6,9H2,1-2H3,(H2,15,20). The smallest absolute Gasteiger partial charge is 0.269 e. The largest absolute Gasteiger partial charge is 0.364 e. The van der Waals surface area contributed by atoms with Crippen molar-refractivity contribution >= 4 is 11.7 Å². The number of nitrogens with one attached hydrogen (secondary N) is 1. The number of hydrogen-bond donors (Lipinski definition) is 2. The lowest BCUT2D eigenvalue weighted by Gasteiger charge is -2.40. The van der Waals surface area contributed by atoms with E-state index in [1.54, 1.807) is 6.07 Å². The summed E-state index contributed by atoms with van der Waals surface area (Å²) in [6.45, 7) is 6.26. The van der Waals surface area contributed by atoms with Gasteiger partial charge in [-0.3, -0.25) is 4.79 Å². The van der Waals surface area contributed by atoms with Gasteiger partial charge in [-0.05, 0) is 44.9 Å². The third kappa shape index (κ3) is 3.25. The zero-order valence-electron chi connectivity index (χ0n) is 12.2. The van der Waals surface area contributed by atoms with Crippen LogP contribution in [-0.4, -0.2) is 41.3 Å². The molecule has 2 atom stereocenters. The van der Waals surface area contributed by atoms with Gasteiger partial charge in [0, 0.05) is 18.6 Å². The van der Waals surface area contributed by atoms with Crippen molar-refractivity contribution in [2.45, 2.75) is 45.2 Å². The number of hydrogen-bond acceptors (Lipinski definition) is 5. The van der Waals surface area contributed by atoms with E-state index in [1.807, 2.05) is 6.07 Å². The summed E-state index contributed by atoms with van der Waals surface area (Å²) in [5, 5.41) is 11.6. The Balaban J connectivity index is 2.16. The van der Waals surface area contributed by atoms with Crippen molar-refractivity contribution in [3.8, 4) is 0 Å². The minimum Gasteiger partial charge on any atom is -0.364 e. The number of amides is 1. The molecule has 3 N–H and O–H groups in total. The van der Waals surface area contributed by atoms with Crippen LogP contribution in [0.5, 0.6) is 0 Å². The van der Waals surface area contributed by atoms with Gasteiger partial charge in [-0.2, -0.15) is 0 Å². The van der Waals surface area contributed by atoms with Crippen molar-refractivity contribution in [1.29, 1.82) is 0 Å². The average Bonchev–Trinajstić information content (AvgIpc) is 2.47. The fourth-order valence-corrected chi connectivity index (χ4v) is 2.83.